The van der Waals surface area contributed by atoms with Crippen LogP contribution in [-0.2, 0) is 11.2 Å². The Kier molecular flexibility index (Phi) is 7.34. The third-order valence-electron chi connectivity index (χ3n) is 8.07. The lowest BCUT2D eigenvalue weighted by Crippen LogP contribution is -2.48. The summed E-state index contributed by atoms with van der Waals surface area (Å²) < 4.78 is 12.1. The molecule has 3 atom stereocenters. The number of aliphatic hydroxyl groups is 1. The van der Waals surface area contributed by atoms with Crippen molar-refractivity contribution < 1.29 is 14.6 Å². The molecule has 1 aromatic heterocycles. The number of aromatic nitrogens is 1. The normalized spacial score (nSPS) is 26.4. The van der Waals surface area contributed by atoms with Crippen molar-refractivity contribution in [1.82, 2.24) is 14.8 Å². The average molecular weight is 533 g/mol. The van der Waals surface area contributed by atoms with Crippen LogP contribution in [0.3, 0.4) is 0 Å². The minimum absolute atomic E-state index is 0.118. The number of hydrogen-bond acceptors (Lipinski definition) is 7. The minimum atomic E-state index is -1.36. The molecule has 1 saturated carbocycles. The molecule has 1 saturated heterocycles. The molecule has 3 aromatic rings. The van der Waals surface area contributed by atoms with Gasteiger partial charge in [0, 0.05) is 38.2 Å². The number of hydrogen-bond donors (Lipinski definition) is 1. The van der Waals surface area contributed by atoms with Crippen molar-refractivity contribution in [2.45, 2.75) is 30.0 Å². The van der Waals surface area contributed by atoms with Gasteiger partial charge in [0.25, 0.3) is 0 Å². The Bertz CT molecular complexity index is 1310. The number of ether oxygens (including phenoxy) is 2. The summed E-state index contributed by atoms with van der Waals surface area (Å²) in [7, 11) is 5.85. The fourth-order valence-electron chi connectivity index (χ4n) is 6.03. The lowest BCUT2D eigenvalue weighted by molar-refractivity contribution is -0.106. The van der Waals surface area contributed by atoms with Crippen LogP contribution < -0.4 is 9.47 Å². The van der Waals surface area contributed by atoms with Crippen LogP contribution in [0.4, 0.5) is 0 Å². The first-order valence-corrected chi connectivity index (χ1v) is 13.3. The zero-order valence-corrected chi connectivity index (χ0v) is 22.8. The van der Waals surface area contributed by atoms with E-state index in [1.807, 2.05) is 30.3 Å². The number of pyridine rings is 1. The molecule has 2 fully saturated rings. The predicted octanol–water partition coefficient (Wildman–Crippen LogP) is 4.53. The van der Waals surface area contributed by atoms with Crippen LogP contribution in [0.2, 0.25) is 5.15 Å². The molecular weight excluding hydrogens is 500 g/mol. The van der Waals surface area contributed by atoms with E-state index in [0.717, 1.165) is 11.1 Å². The van der Waals surface area contributed by atoms with Crippen molar-refractivity contribution >= 4 is 11.6 Å². The highest BCUT2D eigenvalue weighted by Gasteiger charge is 2.69. The van der Waals surface area contributed by atoms with Crippen molar-refractivity contribution in [3.05, 3.63) is 88.1 Å². The van der Waals surface area contributed by atoms with E-state index in [9.17, 15) is 10.4 Å². The lowest BCUT2D eigenvalue weighted by atomic mass is 9.72. The molecule has 1 aliphatic carbocycles. The van der Waals surface area contributed by atoms with E-state index in [4.69, 9.17) is 21.1 Å². The second kappa shape index (κ2) is 10.5. The summed E-state index contributed by atoms with van der Waals surface area (Å²) in [6.45, 7) is 4.93. The van der Waals surface area contributed by atoms with Crippen molar-refractivity contribution in [3.63, 3.8) is 0 Å². The molecule has 38 heavy (non-hydrogen) atoms. The third-order valence-corrected chi connectivity index (χ3v) is 8.26. The Morgan fingerprint density at radius 1 is 1.05 bits per heavy atom. The van der Waals surface area contributed by atoms with E-state index >= 15 is 0 Å². The van der Waals surface area contributed by atoms with E-state index in [1.54, 1.807) is 18.2 Å². The molecule has 3 heterocycles. The lowest BCUT2D eigenvalue weighted by Gasteiger charge is -2.40. The van der Waals surface area contributed by atoms with E-state index < -0.39 is 11.2 Å². The van der Waals surface area contributed by atoms with Crippen LogP contribution in [-0.4, -0.2) is 67.3 Å². The van der Waals surface area contributed by atoms with Gasteiger partial charge < -0.3 is 24.4 Å². The maximum absolute atomic E-state index is 12.2. The third kappa shape index (κ3) is 4.42. The van der Waals surface area contributed by atoms with Gasteiger partial charge in [0.1, 0.15) is 16.5 Å². The molecule has 3 unspecified atom stereocenters. The largest absolute Gasteiger partial charge is 0.481 e. The molecule has 8 heteroatoms. The molecule has 7 nitrogen and oxygen atoms in total. The van der Waals surface area contributed by atoms with Gasteiger partial charge >= 0.3 is 0 Å². The summed E-state index contributed by atoms with van der Waals surface area (Å²) in [5.41, 5.74) is 0.487. The van der Waals surface area contributed by atoms with Gasteiger partial charge in [-0.05, 0) is 50.2 Å². The molecule has 2 aromatic carbocycles. The zero-order chi connectivity index (χ0) is 26.9. The molecule has 3 aliphatic rings. The number of nitriles is 1. The van der Waals surface area contributed by atoms with E-state index in [2.05, 4.69) is 47.1 Å². The number of nitrogens with zero attached hydrogens (tertiary/aromatic N) is 4. The van der Waals surface area contributed by atoms with Gasteiger partial charge in [0.2, 0.25) is 5.88 Å². The van der Waals surface area contributed by atoms with Gasteiger partial charge in [-0.2, -0.15) is 5.26 Å². The summed E-state index contributed by atoms with van der Waals surface area (Å²) in [5.74, 6) is 0.621. The molecule has 0 spiro atoms. The van der Waals surface area contributed by atoms with Crippen LogP contribution in [0.1, 0.15) is 41.0 Å². The number of methoxy groups -OCH3 is 1. The highest BCUT2D eigenvalue weighted by Crippen LogP contribution is 2.68. The Morgan fingerprint density at radius 3 is 2.26 bits per heavy atom. The molecular formula is C30H33ClN4O3. The smallest absolute Gasteiger partial charge is 0.224 e. The van der Waals surface area contributed by atoms with Gasteiger partial charge in [-0.1, -0.05) is 54.1 Å². The van der Waals surface area contributed by atoms with Gasteiger partial charge in [-0.25, -0.2) is 4.98 Å². The summed E-state index contributed by atoms with van der Waals surface area (Å²) >= 11 is 6.20. The van der Waals surface area contributed by atoms with Crippen molar-refractivity contribution in [3.8, 4) is 17.7 Å². The Balaban J connectivity index is 0.000000316. The SMILES string of the molecule is CN1CCN(C)CC1.COc1nc(Cl)cc2c1C1(O)CCC(c3ccccc3)C1(c1ccc(C#N)cc1)O2. The summed E-state index contributed by atoms with van der Waals surface area (Å²) in [6.07, 6.45) is 1.19. The van der Waals surface area contributed by atoms with Gasteiger partial charge in [-0.15, -0.1) is 0 Å². The summed E-state index contributed by atoms with van der Waals surface area (Å²) in [5, 5.41) is 21.7. The number of halogens is 1. The highest BCUT2D eigenvalue weighted by molar-refractivity contribution is 6.29. The molecule has 6 rings (SSSR count). The topological polar surface area (TPSA) is 81.9 Å². The Hall–Kier alpha value is -3.15. The monoisotopic (exact) mass is 532 g/mol. The van der Waals surface area contributed by atoms with Gasteiger partial charge in [-0.3, -0.25) is 0 Å². The number of rotatable bonds is 3. The van der Waals surface area contributed by atoms with Crippen LogP contribution in [0.25, 0.3) is 0 Å². The minimum Gasteiger partial charge on any atom is -0.481 e. The number of fused-ring (bicyclic) bond motifs is 3. The van der Waals surface area contributed by atoms with Crippen molar-refractivity contribution in [2.75, 3.05) is 47.4 Å². The van der Waals surface area contributed by atoms with E-state index in [1.165, 1.54) is 33.3 Å². The second-order valence-corrected chi connectivity index (χ2v) is 10.7. The molecule has 1 N–H and O–H groups in total. The molecule has 2 aliphatic heterocycles. The maximum Gasteiger partial charge on any atom is 0.224 e. The van der Waals surface area contributed by atoms with E-state index in [0.29, 0.717) is 29.7 Å². The first-order valence-electron chi connectivity index (χ1n) is 12.9. The van der Waals surface area contributed by atoms with Gasteiger partial charge in [0.15, 0.2) is 5.60 Å². The first-order chi connectivity index (χ1) is 18.3. The maximum atomic E-state index is 12.2. The molecule has 0 amide bonds. The summed E-state index contributed by atoms with van der Waals surface area (Å²) in [4.78, 5) is 9.00. The fraction of sp³-hybridized carbons (Fsp3) is 0.400. The van der Waals surface area contributed by atoms with Crippen molar-refractivity contribution in [2.24, 2.45) is 0 Å². The number of piperazine rings is 1. The van der Waals surface area contributed by atoms with E-state index in [-0.39, 0.29) is 17.0 Å². The van der Waals surface area contributed by atoms with Crippen LogP contribution in [0, 0.1) is 11.3 Å². The Labute approximate surface area is 229 Å². The summed E-state index contributed by atoms with van der Waals surface area (Å²) in [6, 6.07) is 21.0. The number of benzene rings is 2. The second-order valence-electron chi connectivity index (χ2n) is 10.3. The fourth-order valence-corrected chi connectivity index (χ4v) is 6.21. The van der Waals surface area contributed by atoms with Crippen LogP contribution in [0.5, 0.6) is 11.6 Å². The predicted molar refractivity (Wildman–Crippen MR) is 147 cm³/mol. The van der Waals surface area contributed by atoms with Crippen molar-refractivity contribution in [1.29, 1.82) is 5.26 Å². The highest BCUT2D eigenvalue weighted by atomic mass is 35.5. The van der Waals surface area contributed by atoms with Gasteiger partial charge in [0.05, 0.1) is 24.3 Å². The zero-order valence-electron chi connectivity index (χ0n) is 22.0. The molecule has 0 bridgehead atoms. The standard InChI is InChI=1S/C24H19ClN2O3.C6H14N2/c1-29-22-21-19(13-20(25)27-22)30-24(17-9-7-15(14-26)8-10-17)18(11-12-23(21,24)28)16-5-3-2-4-6-16;1-7-3-5-8(2)6-4-7/h2-10,13,18,28H,11-12H2,1H3;3-6H2,1-2H3. The quantitative estimate of drug-likeness (QED) is 0.496. The number of likely N-dealkylation sites (N-methyl/N-ethyl adjacent to an activating group) is 2. The average Bonchev–Trinajstić information content (AvgIpc) is 3.37. The van der Waals surface area contributed by atoms with Crippen LogP contribution >= 0.6 is 11.6 Å². The Morgan fingerprint density at radius 2 is 1.68 bits per heavy atom. The first kappa shape index (κ1) is 26.5. The molecule has 0 radical (unpaired) electrons. The molecule has 198 valence electrons. The van der Waals surface area contributed by atoms with Crippen LogP contribution in [0.15, 0.2) is 60.7 Å².